The number of aromatic amines is 1. The van der Waals surface area contributed by atoms with Crippen LogP contribution >= 0.6 is 0 Å². The summed E-state index contributed by atoms with van der Waals surface area (Å²) in [6.45, 7) is 8.06. The van der Waals surface area contributed by atoms with Gasteiger partial charge in [-0.1, -0.05) is 13.8 Å². The first-order valence-electron chi connectivity index (χ1n) is 9.66. The average Bonchev–Trinajstić information content (AvgIpc) is 3.42. The van der Waals surface area contributed by atoms with Gasteiger partial charge in [0.25, 0.3) is 5.56 Å². The van der Waals surface area contributed by atoms with Crippen LogP contribution in [-0.2, 0) is 18.3 Å². The molecule has 26 heavy (non-hydrogen) atoms. The van der Waals surface area contributed by atoms with E-state index in [0.717, 1.165) is 36.5 Å². The van der Waals surface area contributed by atoms with Crippen molar-refractivity contribution in [2.75, 3.05) is 26.2 Å². The maximum absolute atomic E-state index is 12.8. The lowest BCUT2D eigenvalue weighted by Gasteiger charge is -2.34. The minimum Gasteiger partial charge on any atom is -0.341 e. The molecule has 1 aliphatic heterocycles. The molecule has 1 aromatic heterocycles. The monoisotopic (exact) mass is 362 g/mol. The Balaban J connectivity index is 1.71. The summed E-state index contributed by atoms with van der Waals surface area (Å²) < 4.78 is 1.01. The summed E-state index contributed by atoms with van der Waals surface area (Å²) in [5, 5.41) is 0. The van der Waals surface area contributed by atoms with Gasteiger partial charge in [0.1, 0.15) is 0 Å². The Morgan fingerprint density at radius 1 is 1.27 bits per heavy atom. The zero-order valence-electron chi connectivity index (χ0n) is 16.0. The highest BCUT2D eigenvalue weighted by molar-refractivity contribution is 5.78. The predicted molar refractivity (Wildman–Crippen MR) is 100 cm³/mol. The second-order valence-corrected chi connectivity index (χ2v) is 8.10. The highest BCUT2D eigenvalue weighted by Gasteiger charge is 2.33. The van der Waals surface area contributed by atoms with Crippen molar-refractivity contribution in [2.45, 2.75) is 45.6 Å². The van der Waals surface area contributed by atoms with E-state index >= 15 is 0 Å². The van der Waals surface area contributed by atoms with Gasteiger partial charge in [0.15, 0.2) is 0 Å². The van der Waals surface area contributed by atoms with Crippen LogP contribution in [-0.4, -0.2) is 57.5 Å². The fourth-order valence-electron chi connectivity index (χ4n) is 3.80. The largest absolute Gasteiger partial charge is 0.341 e. The highest BCUT2D eigenvalue weighted by Crippen LogP contribution is 2.31. The lowest BCUT2D eigenvalue weighted by Crippen LogP contribution is -2.47. The Morgan fingerprint density at radius 3 is 2.65 bits per heavy atom. The summed E-state index contributed by atoms with van der Waals surface area (Å²) in [4.78, 5) is 43.5. The van der Waals surface area contributed by atoms with Crippen molar-refractivity contribution in [1.29, 1.82) is 0 Å². The normalized spacial score (nSPS) is 21.8. The van der Waals surface area contributed by atoms with Gasteiger partial charge in [0, 0.05) is 51.0 Å². The molecule has 1 N–H and O–H groups in total. The first-order chi connectivity index (χ1) is 12.4. The van der Waals surface area contributed by atoms with Crippen LogP contribution in [0.2, 0.25) is 0 Å². The predicted octanol–water partition coefficient (Wildman–Crippen LogP) is 0.585. The molecule has 0 radical (unpaired) electrons. The summed E-state index contributed by atoms with van der Waals surface area (Å²) in [6, 6.07) is 0.362. The fourth-order valence-corrected chi connectivity index (χ4v) is 3.80. The van der Waals surface area contributed by atoms with E-state index in [4.69, 9.17) is 0 Å². The van der Waals surface area contributed by atoms with E-state index in [1.54, 1.807) is 0 Å². The molecule has 1 aromatic rings. The number of amides is 1. The van der Waals surface area contributed by atoms with Crippen LogP contribution in [0.1, 0.15) is 38.7 Å². The van der Waals surface area contributed by atoms with Crippen molar-refractivity contribution in [3.05, 3.63) is 32.6 Å². The van der Waals surface area contributed by atoms with E-state index < -0.39 is 11.2 Å². The number of H-pyrrole nitrogens is 1. The van der Waals surface area contributed by atoms with Gasteiger partial charge in [-0.25, -0.2) is 4.79 Å². The Labute approximate surface area is 154 Å². The van der Waals surface area contributed by atoms with Gasteiger partial charge in [-0.15, -0.1) is 0 Å². The topological polar surface area (TPSA) is 78.4 Å². The van der Waals surface area contributed by atoms with Crippen LogP contribution in [0.15, 0.2) is 15.8 Å². The molecule has 144 valence electrons. The number of rotatable bonds is 5. The lowest BCUT2D eigenvalue weighted by molar-refractivity contribution is -0.131. The molecule has 3 rings (SSSR count). The smallest absolute Gasteiger partial charge is 0.328 e. The van der Waals surface area contributed by atoms with Gasteiger partial charge in [0.2, 0.25) is 5.91 Å². The van der Waals surface area contributed by atoms with Gasteiger partial charge in [-0.05, 0) is 31.1 Å². The van der Waals surface area contributed by atoms with Crippen LogP contribution in [0, 0.1) is 11.8 Å². The van der Waals surface area contributed by atoms with Gasteiger partial charge in [0.05, 0.1) is 6.42 Å². The van der Waals surface area contributed by atoms with Gasteiger partial charge < -0.3 is 9.88 Å². The molecule has 1 amide bonds. The third-order valence-electron chi connectivity index (χ3n) is 5.66. The molecule has 2 aliphatic rings. The number of nitrogens with zero attached hydrogens (tertiary/aromatic N) is 3. The molecule has 1 aliphatic carbocycles. The van der Waals surface area contributed by atoms with Crippen molar-refractivity contribution in [3.63, 3.8) is 0 Å². The molecule has 0 bridgehead atoms. The summed E-state index contributed by atoms with van der Waals surface area (Å²) >= 11 is 0. The first-order valence-corrected chi connectivity index (χ1v) is 9.66. The SMILES string of the molecule is CC(C)C1CN(C(=O)Cc2c[nH]c(=O)n(C)c2=O)CCCN1CC1CC1. The molecule has 1 unspecified atom stereocenters. The van der Waals surface area contributed by atoms with E-state index in [1.165, 1.54) is 26.1 Å². The zero-order chi connectivity index (χ0) is 18.8. The van der Waals surface area contributed by atoms with Crippen molar-refractivity contribution in [2.24, 2.45) is 18.9 Å². The third kappa shape index (κ3) is 4.26. The molecule has 0 aromatic carbocycles. The number of hydrogen-bond donors (Lipinski definition) is 1. The number of hydrogen-bond acceptors (Lipinski definition) is 4. The number of nitrogens with one attached hydrogen (secondary N) is 1. The number of carbonyl (C=O) groups excluding carboxylic acids is 1. The number of aromatic nitrogens is 2. The highest BCUT2D eigenvalue weighted by atomic mass is 16.2. The Hall–Kier alpha value is -1.89. The standard InChI is InChI=1S/C19H30N4O3/c1-13(2)16-12-23(8-4-7-22(16)11-14-5-6-14)17(24)9-15-10-20-19(26)21(3)18(15)25/h10,13-14,16H,4-9,11-12H2,1-3H3,(H,20,26). The zero-order valence-corrected chi connectivity index (χ0v) is 16.0. The van der Waals surface area contributed by atoms with Crippen LogP contribution in [0.5, 0.6) is 0 Å². The number of carbonyl (C=O) groups is 1. The van der Waals surface area contributed by atoms with Crippen molar-refractivity contribution in [3.8, 4) is 0 Å². The molecule has 1 saturated heterocycles. The second kappa shape index (κ2) is 7.78. The minimum atomic E-state index is -0.462. The molecule has 7 nitrogen and oxygen atoms in total. The van der Waals surface area contributed by atoms with Crippen LogP contribution in [0.3, 0.4) is 0 Å². The minimum absolute atomic E-state index is 0.0342. The maximum atomic E-state index is 12.8. The quantitative estimate of drug-likeness (QED) is 0.831. The summed E-state index contributed by atoms with van der Waals surface area (Å²) in [7, 11) is 1.42. The first kappa shape index (κ1) is 18.9. The van der Waals surface area contributed by atoms with Crippen LogP contribution < -0.4 is 11.2 Å². The molecule has 1 saturated carbocycles. The third-order valence-corrected chi connectivity index (χ3v) is 5.66. The Morgan fingerprint density at radius 2 is 2.00 bits per heavy atom. The van der Waals surface area contributed by atoms with Crippen LogP contribution in [0.25, 0.3) is 0 Å². The van der Waals surface area contributed by atoms with E-state index in [0.29, 0.717) is 24.1 Å². The molecular formula is C19H30N4O3. The van der Waals surface area contributed by atoms with E-state index in [-0.39, 0.29) is 12.3 Å². The molecule has 7 heteroatoms. The van der Waals surface area contributed by atoms with E-state index in [9.17, 15) is 14.4 Å². The second-order valence-electron chi connectivity index (χ2n) is 8.10. The van der Waals surface area contributed by atoms with Crippen molar-refractivity contribution >= 4 is 5.91 Å². The summed E-state index contributed by atoms with van der Waals surface area (Å²) in [6.07, 6.45) is 5.04. The Bertz CT molecular complexity index is 763. The molecule has 1 atom stereocenters. The van der Waals surface area contributed by atoms with Gasteiger partial charge in [-0.2, -0.15) is 0 Å². The molecule has 0 spiro atoms. The summed E-state index contributed by atoms with van der Waals surface area (Å²) in [5.74, 6) is 1.28. The van der Waals surface area contributed by atoms with Crippen molar-refractivity contribution in [1.82, 2.24) is 19.4 Å². The maximum Gasteiger partial charge on any atom is 0.328 e. The molecule has 2 fully saturated rings. The van der Waals surface area contributed by atoms with Gasteiger partial charge >= 0.3 is 5.69 Å². The summed E-state index contributed by atoms with van der Waals surface area (Å²) in [5.41, 5.74) is -0.512. The molecular weight excluding hydrogens is 332 g/mol. The van der Waals surface area contributed by atoms with Crippen LogP contribution in [0.4, 0.5) is 0 Å². The van der Waals surface area contributed by atoms with E-state index in [2.05, 4.69) is 23.7 Å². The van der Waals surface area contributed by atoms with Gasteiger partial charge in [-0.3, -0.25) is 19.1 Å². The lowest BCUT2D eigenvalue weighted by atomic mass is 10.0. The molecule has 2 heterocycles. The Kier molecular flexibility index (Phi) is 5.65. The fraction of sp³-hybridized carbons (Fsp3) is 0.737. The van der Waals surface area contributed by atoms with Crippen molar-refractivity contribution < 1.29 is 4.79 Å². The van der Waals surface area contributed by atoms with E-state index in [1.807, 2.05) is 4.90 Å². The average molecular weight is 362 g/mol.